The normalized spacial score (nSPS) is 16.1. The van der Waals surface area contributed by atoms with Crippen LogP contribution in [0.25, 0.3) is 16.7 Å². The van der Waals surface area contributed by atoms with Gasteiger partial charge < -0.3 is 9.80 Å². The molecule has 152 valence electrons. The Morgan fingerprint density at radius 3 is 2.62 bits per heavy atom. The van der Waals surface area contributed by atoms with E-state index in [1.807, 2.05) is 46.1 Å². The van der Waals surface area contributed by atoms with Gasteiger partial charge in [0, 0.05) is 39.0 Å². The first-order valence-electron chi connectivity index (χ1n) is 10.4. The van der Waals surface area contributed by atoms with Crippen LogP contribution < -0.4 is 4.90 Å². The van der Waals surface area contributed by atoms with Gasteiger partial charge in [-0.25, -0.2) is 14.6 Å². The van der Waals surface area contributed by atoms with Gasteiger partial charge in [-0.1, -0.05) is 32.0 Å². The molecule has 0 bridgehead atoms. The number of hydrogen-bond donors (Lipinski definition) is 0. The average molecular weight is 393 g/mol. The fourth-order valence-electron chi connectivity index (χ4n) is 3.76. The first-order valence-corrected chi connectivity index (χ1v) is 10.4. The van der Waals surface area contributed by atoms with E-state index in [2.05, 4.69) is 23.8 Å². The van der Waals surface area contributed by atoms with Crippen LogP contribution in [-0.4, -0.2) is 56.7 Å². The molecule has 1 atom stereocenters. The highest BCUT2D eigenvalue weighted by atomic mass is 16.2. The summed E-state index contributed by atoms with van der Waals surface area (Å²) in [5.74, 6) is 2.17. The Morgan fingerprint density at radius 2 is 1.90 bits per heavy atom. The molecule has 0 unspecified atom stereocenters. The van der Waals surface area contributed by atoms with Crippen molar-refractivity contribution in [3.05, 3.63) is 42.4 Å². The molecule has 0 N–H and O–H groups in total. The van der Waals surface area contributed by atoms with E-state index in [9.17, 15) is 4.79 Å². The Hall–Kier alpha value is -2.96. The highest BCUT2D eigenvalue weighted by Crippen LogP contribution is 2.29. The number of amides is 1. The lowest BCUT2D eigenvalue weighted by molar-refractivity contribution is -0.128. The van der Waals surface area contributed by atoms with E-state index in [0.717, 1.165) is 60.8 Å². The Morgan fingerprint density at radius 1 is 1.10 bits per heavy atom. The Balaban J connectivity index is 1.80. The Bertz CT molecular complexity index is 999. The number of carbonyl (C=O) groups is 1. The topological polar surface area (TPSA) is 67.2 Å². The van der Waals surface area contributed by atoms with E-state index in [-0.39, 0.29) is 11.8 Å². The van der Waals surface area contributed by atoms with Crippen LogP contribution in [0.15, 0.2) is 36.5 Å². The molecule has 4 rings (SSSR count). The van der Waals surface area contributed by atoms with E-state index in [0.29, 0.717) is 6.54 Å². The van der Waals surface area contributed by atoms with Crippen molar-refractivity contribution in [2.45, 2.75) is 39.5 Å². The molecule has 1 saturated heterocycles. The molecule has 3 heterocycles. The maximum atomic E-state index is 11.8. The quantitative estimate of drug-likeness (QED) is 0.681. The minimum absolute atomic E-state index is 0.136. The van der Waals surface area contributed by atoms with E-state index >= 15 is 0 Å². The van der Waals surface area contributed by atoms with Gasteiger partial charge in [-0.3, -0.25) is 4.79 Å². The fourth-order valence-corrected chi connectivity index (χ4v) is 3.76. The van der Waals surface area contributed by atoms with Gasteiger partial charge in [-0.05, 0) is 25.0 Å². The molecule has 1 aliphatic heterocycles. The van der Waals surface area contributed by atoms with E-state index in [4.69, 9.17) is 9.97 Å². The molecule has 0 saturated carbocycles. The molecule has 2 aromatic heterocycles. The van der Waals surface area contributed by atoms with Crippen LogP contribution >= 0.6 is 0 Å². The summed E-state index contributed by atoms with van der Waals surface area (Å²) < 4.78 is 1.89. The highest BCUT2D eigenvalue weighted by molar-refractivity contribution is 5.88. The van der Waals surface area contributed by atoms with E-state index < -0.39 is 0 Å². The van der Waals surface area contributed by atoms with Gasteiger partial charge in [0.05, 0.1) is 17.3 Å². The zero-order valence-corrected chi connectivity index (χ0v) is 17.4. The number of para-hydroxylation sites is 1. The fraction of sp³-hybridized carbons (Fsp3) is 0.455. The smallest absolute Gasteiger partial charge is 0.219 e. The lowest BCUT2D eigenvalue weighted by Gasteiger charge is -2.24. The van der Waals surface area contributed by atoms with Crippen molar-refractivity contribution >= 4 is 22.8 Å². The number of anilines is 1. The summed E-state index contributed by atoms with van der Waals surface area (Å²) in [6.45, 7) is 9.10. The molecular formula is C22H28N6O. The summed E-state index contributed by atoms with van der Waals surface area (Å²) in [7, 11) is 0. The largest absolute Gasteiger partial charge is 0.354 e. The highest BCUT2D eigenvalue weighted by Gasteiger charge is 2.23. The third-order valence-corrected chi connectivity index (χ3v) is 5.72. The number of benzene rings is 1. The summed E-state index contributed by atoms with van der Waals surface area (Å²) >= 11 is 0. The first-order chi connectivity index (χ1) is 14.1. The predicted octanol–water partition coefficient (Wildman–Crippen LogP) is 3.39. The molecule has 1 amide bonds. The van der Waals surface area contributed by atoms with Crippen LogP contribution in [-0.2, 0) is 4.79 Å². The standard InChI is InChI=1S/C22H28N6O/c1-4-16(2)20-24-21(27-12-8-11-26(13-14-27)17(3)29)19-15-23-28(22(19)25-20)18-9-6-5-7-10-18/h5-7,9-10,15-16H,4,8,11-14H2,1-3H3/t16-/m0/s1. The van der Waals surface area contributed by atoms with Gasteiger partial charge in [0.2, 0.25) is 5.91 Å². The number of aromatic nitrogens is 4. The molecular weight excluding hydrogens is 364 g/mol. The first kappa shape index (κ1) is 19.4. The zero-order valence-electron chi connectivity index (χ0n) is 17.4. The molecule has 1 aliphatic rings. The second-order valence-corrected chi connectivity index (χ2v) is 7.69. The van der Waals surface area contributed by atoms with Crippen molar-refractivity contribution in [1.29, 1.82) is 0 Å². The maximum absolute atomic E-state index is 11.8. The zero-order chi connectivity index (χ0) is 20.4. The number of hydrogen-bond acceptors (Lipinski definition) is 5. The minimum atomic E-state index is 0.136. The number of fused-ring (bicyclic) bond motifs is 1. The van der Waals surface area contributed by atoms with Crippen LogP contribution in [0.2, 0.25) is 0 Å². The minimum Gasteiger partial charge on any atom is -0.354 e. The van der Waals surface area contributed by atoms with Crippen molar-refractivity contribution < 1.29 is 4.79 Å². The van der Waals surface area contributed by atoms with Crippen molar-refractivity contribution in [2.24, 2.45) is 0 Å². The SMILES string of the molecule is CC[C@H](C)c1nc(N2CCCN(C(C)=O)CC2)c2cnn(-c3ccccc3)c2n1. The predicted molar refractivity (Wildman–Crippen MR) is 114 cm³/mol. The summed E-state index contributed by atoms with van der Waals surface area (Å²) in [4.78, 5) is 25.9. The maximum Gasteiger partial charge on any atom is 0.219 e. The summed E-state index contributed by atoms with van der Waals surface area (Å²) in [6, 6.07) is 10.1. The van der Waals surface area contributed by atoms with E-state index in [1.54, 1.807) is 6.92 Å². The molecule has 0 spiro atoms. The lowest BCUT2D eigenvalue weighted by Crippen LogP contribution is -2.34. The van der Waals surface area contributed by atoms with Crippen molar-refractivity contribution in [2.75, 3.05) is 31.1 Å². The second-order valence-electron chi connectivity index (χ2n) is 7.69. The average Bonchev–Trinajstić information content (AvgIpc) is 3.01. The summed E-state index contributed by atoms with van der Waals surface area (Å²) in [5, 5.41) is 5.59. The number of rotatable bonds is 4. The molecule has 7 nitrogen and oxygen atoms in total. The van der Waals surface area contributed by atoms with Crippen LogP contribution in [0.3, 0.4) is 0 Å². The Labute approximate surface area is 171 Å². The third-order valence-electron chi connectivity index (χ3n) is 5.72. The second kappa shape index (κ2) is 8.19. The van der Waals surface area contributed by atoms with Crippen LogP contribution in [0.1, 0.15) is 45.4 Å². The van der Waals surface area contributed by atoms with Gasteiger partial charge in [-0.15, -0.1) is 0 Å². The van der Waals surface area contributed by atoms with Gasteiger partial charge in [-0.2, -0.15) is 5.10 Å². The molecule has 1 aromatic carbocycles. The molecule has 0 aliphatic carbocycles. The van der Waals surface area contributed by atoms with Crippen molar-refractivity contribution in [3.63, 3.8) is 0 Å². The third kappa shape index (κ3) is 3.81. The van der Waals surface area contributed by atoms with Crippen molar-refractivity contribution in [1.82, 2.24) is 24.6 Å². The number of nitrogens with zero attached hydrogens (tertiary/aromatic N) is 6. The molecule has 1 fully saturated rings. The van der Waals surface area contributed by atoms with Gasteiger partial charge in [0.25, 0.3) is 0 Å². The molecule has 7 heteroatoms. The Kier molecular flexibility index (Phi) is 5.47. The molecule has 0 radical (unpaired) electrons. The van der Waals surface area contributed by atoms with Crippen LogP contribution in [0, 0.1) is 0 Å². The van der Waals surface area contributed by atoms with Gasteiger partial charge in [0.1, 0.15) is 11.6 Å². The van der Waals surface area contributed by atoms with Crippen LogP contribution in [0.5, 0.6) is 0 Å². The molecule has 3 aromatic rings. The monoisotopic (exact) mass is 392 g/mol. The van der Waals surface area contributed by atoms with Crippen molar-refractivity contribution in [3.8, 4) is 5.69 Å². The van der Waals surface area contributed by atoms with Crippen LogP contribution in [0.4, 0.5) is 5.82 Å². The summed E-state index contributed by atoms with van der Waals surface area (Å²) in [6.07, 6.45) is 3.77. The van der Waals surface area contributed by atoms with Gasteiger partial charge >= 0.3 is 0 Å². The molecule has 29 heavy (non-hydrogen) atoms. The lowest BCUT2D eigenvalue weighted by atomic mass is 10.1. The summed E-state index contributed by atoms with van der Waals surface area (Å²) in [5.41, 5.74) is 1.82. The van der Waals surface area contributed by atoms with E-state index in [1.165, 1.54) is 0 Å². The van der Waals surface area contributed by atoms with Gasteiger partial charge in [0.15, 0.2) is 5.65 Å². The number of carbonyl (C=O) groups excluding carboxylic acids is 1.